The van der Waals surface area contributed by atoms with Gasteiger partial charge in [0.2, 0.25) is 0 Å². The summed E-state index contributed by atoms with van der Waals surface area (Å²) in [5.74, 6) is -0.174. The highest BCUT2D eigenvalue weighted by atomic mass is 32.2. The van der Waals surface area contributed by atoms with E-state index in [9.17, 15) is 18.5 Å². The van der Waals surface area contributed by atoms with Crippen LogP contribution < -0.4 is 9.80 Å². The first-order valence-corrected chi connectivity index (χ1v) is 17.5. The van der Waals surface area contributed by atoms with Gasteiger partial charge >= 0.3 is 0 Å². The molecular formula is C36H43FN6O3S. The molecule has 2 saturated heterocycles. The maximum atomic E-state index is 15.0. The molecular weight excluding hydrogens is 616 g/mol. The summed E-state index contributed by atoms with van der Waals surface area (Å²) in [6.45, 7) is 8.87. The molecule has 248 valence electrons. The molecule has 0 atom stereocenters. The monoisotopic (exact) mass is 658 g/mol. The minimum atomic E-state index is -4.30. The van der Waals surface area contributed by atoms with Crippen molar-refractivity contribution in [3.8, 4) is 6.07 Å². The van der Waals surface area contributed by atoms with Gasteiger partial charge in [-0.05, 0) is 93.0 Å². The zero-order chi connectivity index (χ0) is 33.9. The van der Waals surface area contributed by atoms with Crippen molar-refractivity contribution in [1.29, 1.82) is 5.26 Å². The van der Waals surface area contributed by atoms with Gasteiger partial charge in [0.15, 0.2) is 0 Å². The summed E-state index contributed by atoms with van der Waals surface area (Å²) in [6, 6.07) is 18.4. The molecule has 0 spiro atoms. The highest BCUT2D eigenvalue weighted by Gasteiger charge is 2.30. The van der Waals surface area contributed by atoms with E-state index in [2.05, 4.69) is 34.4 Å². The summed E-state index contributed by atoms with van der Waals surface area (Å²) in [6.07, 6.45) is 2.91. The molecule has 47 heavy (non-hydrogen) atoms. The van der Waals surface area contributed by atoms with Gasteiger partial charge in [-0.1, -0.05) is 24.3 Å². The van der Waals surface area contributed by atoms with Crippen molar-refractivity contribution in [1.82, 2.24) is 9.80 Å². The Labute approximate surface area is 278 Å². The molecule has 0 bridgehead atoms. The van der Waals surface area contributed by atoms with E-state index >= 15 is 4.39 Å². The van der Waals surface area contributed by atoms with Gasteiger partial charge in [-0.15, -0.1) is 4.40 Å². The van der Waals surface area contributed by atoms with Gasteiger partial charge in [0.05, 0.1) is 16.9 Å². The number of hydrogen-bond acceptors (Lipinski definition) is 6. The Morgan fingerprint density at radius 3 is 2.23 bits per heavy atom. The molecule has 9 nitrogen and oxygen atoms in total. The number of sulfonamides is 1. The third kappa shape index (κ3) is 7.43. The fraction of sp³-hybridized carbons (Fsp3) is 0.417. The molecule has 0 radical (unpaired) electrons. The van der Waals surface area contributed by atoms with Gasteiger partial charge < -0.3 is 19.6 Å². The molecule has 3 aromatic rings. The van der Waals surface area contributed by atoms with E-state index in [-0.39, 0.29) is 17.4 Å². The van der Waals surface area contributed by atoms with E-state index in [1.54, 1.807) is 36.9 Å². The lowest BCUT2D eigenvalue weighted by Gasteiger charge is -2.37. The minimum Gasteiger partial charge on any atom is -0.370 e. The lowest BCUT2D eigenvalue weighted by molar-refractivity contribution is 0.0745. The summed E-state index contributed by atoms with van der Waals surface area (Å²) in [4.78, 5) is 20.9. The van der Waals surface area contributed by atoms with Crippen LogP contribution in [0.1, 0.15) is 52.4 Å². The molecule has 0 saturated carbocycles. The molecule has 0 aliphatic carbocycles. The number of nitriles is 1. The average molecular weight is 659 g/mol. The SMILES string of the molecule is CC(=NS(=O)(=O)c1c(F)cccc1N1CCN(C(=O)c2cc(CC3CCN(c4ccccc4C#N)CC3)c(C)cc2C)CC1)N(C)C. The van der Waals surface area contributed by atoms with E-state index in [0.717, 1.165) is 49.7 Å². The van der Waals surface area contributed by atoms with Gasteiger partial charge in [-0.3, -0.25) is 4.79 Å². The largest absolute Gasteiger partial charge is 0.370 e. The molecule has 11 heteroatoms. The Morgan fingerprint density at radius 1 is 0.936 bits per heavy atom. The highest BCUT2D eigenvalue weighted by molar-refractivity contribution is 7.90. The molecule has 2 aliphatic heterocycles. The Morgan fingerprint density at radius 2 is 1.57 bits per heavy atom. The standard InChI is InChI=1S/C36H43FN6O3S/c1-25-21-26(2)31(23-30(25)22-28-13-15-41(16-14-28)33-11-7-6-9-29(33)24-38)36(44)43-19-17-42(18-20-43)34-12-8-10-32(37)35(34)47(45,46)39-27(3)40(4)5/h6-12,21,23,28H,13-20,22H2,1-5H3. The lowest BCUT2D eigenvalue weighted by Crippen LogP contribution is -2.49. The quantitative estimate of drug-likeness (QED) is 0.248. The zero-order valence-electron chi connectivity index (χ0n) is 27.8. The molecule has 0 aromatic heterocycles. The van der Waals surface area contributed by atoms with Crippen LogP contribution in [-0.2, 0) is 16.4 Å². The predicted molar refractivity (Wildman–Crippen MR) is 184 cm³/mol. The fourth-order valence-corrected chi connectivity index (χ4v) is 7.88. The van der Waals surface area contributed by atoms with Crippen molar-refractivity contribution in [3.63, 3.8) is 0 Å². The Hall–Kier alpha value is -4.43. The number of piperazine rings is 1. The van der Waals surface area contributed by atoms with E-state index in [0.29, 0.717) is 43.2 Å². The second-order valence-electron chi connectivity index (χ2n) is 12.7. The number of nitrogens with zero attached hydrogens (tertiary/aromatic N) is 6. The van der Waals surface area contributed by atoms with E-state index in [4.69, 9.17) is 0 Å². The maximum absolute atomic E-state index is 15.0. The second kappa shape index (κ2) is 14.1. The smallest absolute Gasteiger partial charge is 0.288 e. The number of carbonyl (C=O) groups is 1. The van der Waals surface area contributed by atoms with Crippen molar-refractivity contribution in [2.75, 3.05) is 63.2 Å². The van der Waals surface area contributed by atoms with Crippen molar-refractivity contribution in [2.24, 2.45) is 10.3 Å². The van der Waals surface area contributed by atoms with E-state index in [1.165, 1.54) is 17.2 Å². The summed E-state index contributed by atoms with van der Waals surface area (Å²) >= 11 is 0. The summed E-state index contributed by atoms with van der Waals surface area (Å²) in [5, 5.41) is 9.52. The number of halogens is 1. The first kappa shape index (κ1) is 33.9. The van der Waals surface area contributed by atoms with Crippen LogP contribution in [0.5, 0.6) is 0 Å². The number of piperidine rings is 1. The van der Waals surface area contributed by atoms with Gasteiger partial charge in [-0.25, -0.2) is 4.39 Å². The van der Waals surface area contributed by atoms with Crippen molar-refractivity contribution in [3.05, 3.63) is 88.2 Å². The number of aryl methyl sites for hydroxylation is 2. The second-order valence-corrected chi connectivity index (χ2v) is 14.3. The van der Waals surface area contributed by atoms with Gasteiger partial charge in [0, 0.05) is 58.9 Å². The summed E-state index contributed by atoms with van der Waals surface area (Å²) in [5.41, 5.74) is 5.91. The van der Waals surface area contributed by atoms with Crippen LogP contribution in [0.3, 0.4) is 0 Å². The number of anilines is 2. The van der Waals surface area contributed by atoms with Crippen molar-refractivity contribution in [2.45, 2.75) is 44.9 Å². The average Bonchev–Trinajstić information content (AvgIpc) is 3.05. The Kier molecular flexibility index (Phi) is 10.2. The van der Waals surface area contributed by atoms with Gasteiger partial charge in [0.1, 0.15) is 22.6 Å². The number of carbonyl (C=O) groups excluding carboxylic acids is 1. The third-order valence-corrected chi connectivity index (χ3v) is 10.8. The topological polar surface area (TPSA) is 100 Å². The number of hydrogen-bond donors (Lipinski definition) is 0. The molecule has 5 rings (SSSR count). The lowest BCUT2D eigenvalue weighted by atomic mass is 9.86. The van der Waals surface area contributed by atoms with Crippen LogP contribution in [0, 0.1) is 36.9 Å². The number of rotatable bonds is 7. The van der Waals surface area contributed by atoms with Crippen LogP contribution >= 0.6 is 0 Å². The molecule has 2 fully saturated rings. The maximum Gasteiger partial charge on any atom is 0.288 e. The van der Waals surface area contributed by atoms with Crippen LogP contribution in [0.15, 0.2) is 63.9 Å². The molecule has 0 unspecified atom stereocenters. The minimum absolute atomic E-state index is 0.0513. The first-order chi connectivity index (χ1) is 22.4. The first-order valence-electron chi connectivity index (χ1n) is 16.1. The Balaban J connectivity index is 1.26. The van der Waals surface area contributed by atoms with Crippen molar-refractivity contribution < 1.29 is 17.6 Å². The van der Waals surface area contributed by atoms with Gasteiger partial charge in [-0.2, -0.15) is 13.7 Å². The van der Waals surface area contributed by atoms with Crippen molar-refractivity contribution >= 4 is 33.1 Å². The number of benzene rings is 3. The zero-order valence-corrected chi connectivity index (χ0v) is 28.6. The number of amides is 1. The molecule has 3 aromatic carbocycles. The fourth-order valence-electron chi connectivity index (χ4n) is 6.50. The van der Waals surface area contributed by atoms with Gasteiger partial charge in [0.25, 0.3) is 15.9 Å². The highest BCUT2D eigenvalue weighted by Crippen LogP contribution is 2.32. The predicted octanol–water partition coefficient (Wildman–Crippen LogP) is 5.40. The van der Waals surface area contributed by atoms with Crippen LogP contribution in [0.2, 0.25) is 0 Å². The number of amidine groups is 1. The van der Waals surface area contributed by atoms with E-state index in [1.807, 2.05) is 36.1 Å². The summed E-state index contributed by atoms with van der Waals surface area (Å²) < 4.78 is 45.2. The number of para-hydroxylation sites is 1. The van der Waals surface area contributed by atoms with Crippen LogP contribution in [0.4, 0.5) is 15.8 Å². The third-order valence-electron chi connectivity index (χ3n) is 9.41. The molecule has 2 aliphatic rings. The summed E-state index contributed by atoms with van der Waals surface area (Å²) in [7, 11) is -0.953. The van der Waals surface area contributed by atoms with Crippen LogP contribution in [-0.4, -0.2) is 83.3 Å². The molecule has 2 heterocycles. The Bertz CT molecular complexity index is 1820. The molecule has 0 N–H and O–H groups in total. The van der Waals surface area contributed by atoms with E-state index < -0.39 is 20.7 Å². The molecule has 1 amide bonds. The normalized spacial score (nSPS) is 16.3. The van der Waals surface area contributed by atoms with Crippen LogP contribution in [0.25, 0.3) is 0 Å².